The SMILES string of the molecule is O=C(OCCOC(=O)C1CC2OC2CC1C(=O)OCC1CO1)C1CC2OC2CC1C(=O)OCC1CO1. The van der Waals surface area contributed by atoms with Crippen LogP contribution >= 0.6 is 0 Å². The molecule has 4 heterocycles. The number of ether oxygens (including phenoxy) is 8. The number of hydrogen-bond donors (Lipinski definition) is 0. The van der Waals surface area contributed by atoms with E-state index in [2.05, 4.69) is 0 Å². The van der Waals surface area contributed by atoms with Gasteiger partial charge in [-0.15, -0.1) is 0 Å². The van der Waals surface area contributed by atoms with Crippen molar-refractivity contribution in [1.82, 2.24) is 0 Å². The largest absolute Gasteiger partial charge is 0.463 e. The van der Waals surface area contributed by atoms with Gasteiger partial charge in [-0.2, -0.15) is 0 Å². The standard InChI is InChI=1S/C24H30O12/c25-21(13-3-17-19(35-17)5-15(13)23(27)33-9-11-7-31-11)29-1-2-30-22(26)14-4-18-20(36-18)6-16(14)24(28)34-10-12-8-32-12/h11-20H,1-10H2. The first kappa shape index (κ1) is 24.1. The lowest BCUT2D eigenvalue weighted by atomic mass is 9.79. The highest BCUT2D eigenvalue weighted by Crippen LogP contribution is 2.45. The molecule has 10 unspecified atom stereocenters. The summed E-state index contributed by atoms with van der Waals surface area (Å²) in [6.07, 6.45) is 1.37. The quantitative estimate of drug-likeness (QED) is 0.153. The summed E-state index contributed by atoms with van der Waals surface area (Å²) in [6.45, 7) is 1.19. The van der Waals surface area contributed by atoms with Crippen molar-refractivity contribution in [2.24, 2.45) is 23.7 Å². The van der Waals surface area contributed by atoms with Gasteiger partial charge in [0.25, 0.3) is 0 Å². The van der Waals surface area contributed by atoms with Crippen LogP contribution in [0.5, 0.6) is 0 Å². The minimum absolute atomic E-state index is 0.0216. The molecule has 36 heavy (non-hydrogen) atoms. The first-order chi connectivity index (χ1) is 17.5. The molecule has 0 radical (unpaired) electrons. The molecule has 4 saturated heterocycles. The first-order valence-corrected chi connectivity index (χ1v) is 12.7. The molecule has 12 nitrogen and oxygen atoms in total. The number of fused-ring (bicyclic) bond motifs is 2. The lowest BCUT2D eigenvalue weighted by Gasteiger charge is -2.27. The van der Waals surface area contributed by atoms with Crippen molar-refractivity contribution in [2.75, 3.05) is 39.6 Å². The summed E-state index contributed by atoms with van der Waals surface area (Å²) in [6, 6.07) is 0. The lowest BCUT2D eigenvalue weighted by molar-refractivity contribution is -0.167. The highest BCUT2D eigenvalue weighted by atomic mass is 16.6. The van der Waals surface area contributed by atoms with E-state index in [-0.39, 0.29) is 63.1 Å². The van der Waals surface area contributed by atoms with Gasteiger partial charge in [-0.3, -0.25) is 19.2 Å². The molecule has 10 atom stereocenters. The van der Waals surface area contributed by atoms with Crippen LogP contribution in [0.25, 0.3) is 0 Å². The van der Waals surface area contributed by atoms with Gasteiger partial charge in [0.05, 0.1) is 61.3 Å². The molecule has 0 spiro atoms. The van der Waals surface area contributed by atoms with Crippen LogP contribution in [0.4, 0.5) is 0 Å². The maximum Gasteiger partial charge on any atom is 0.310 e. The van der Waals surface area contributed by atoms with Crippen LogP contribution in [0.1, 0.15) is 25.7 Å². The van der Waals surface area contributed by atoms with Crippen molar-refractivity contribution in [3.8, 4) is 0 Å². The normalized spacial score (nSPS) is 41.1. The molecule has 6 aliphatic rings. The van der Waals surface area contributed by atoms with Gasteiger partial charge in [-0.25, -0.2) is 0 Å². The lowest BCUT2D eigenvalue weighted by Crippen LogP contribution is -2.39. The number of esters is 4. The van der Waals surface area contributed by atoms with E-state index in [1.165, 1.54) is 0 Å². The van der Waals surface area contributed by atoms with Crippen molar-refractivity contribution in [1.29, 1.82) is 0 Å². The Kier molecular flexibility index (Phi) is 6.61. The summed E-state index contributed by atoms with van der Waals surface area (Å²) in [5.74, 6) is -4.59. The van der Waals surface area contributed by atoms with Crippen molar-refractivity contribution in [3.05, 3.63) is 0 Å². The van der Waals surface area contributed by atoms with Crippen molar-refractivity contribution < 1.29 is 57.1 Å². The van der Waals surface area contributed by atoms with Gasteiger partial charge in [0.15, 0.2) is 0 Å². The average Bonchev–Trinajstić information content (AvgIpc) is 3.70. The predicted molar refractivity (Wildman–Crippen MR) is 113 cm³/mol. The van der Waals surface area contributed by atoms with Crippen LogP contribution < -0.4 is 0 Å². The van der Waals surface area contributed by atoms with Gasteiger partial charge in [-0.05, 0) is 25.7 Å². The minimum atomic E-state index is -0.672. The summed E-state index contributed by atoms with van der Waals surface area (Å²) in [5, 5.41) is 0. The van der Waals surface area contributed by atoms with Gasteiger partial charge in [-0.1, -0.05) is 0 Å². The van der Waals surface area contributed by atoms with E-state index in [9.17, 15) is 19.2 Å². The third-order valence-corrected chi connectivity index (χ3v) is 7.70. The Morgan fingerprint density at radius 1 is 0.528 bits per heavy atom. The summed E-state index contributed by atoms with van der Waals surface area (Å²) in [5.41, 5.74) is 0. The van der Waals surface area contributed by atoms with Crippen LogP contribution in [0.3, 0.4) is 0 Å². The second-order valence-electron chi connectivity index (χ2n) is 10.3. The number of carbonyl (C=O) groups excluding carboxylic acids is 4. The second kappa shape index (κ2) is 9.88. The third kappa shape index (κ3) is 5.66. The predicted octanol–water partition coefficient (Wildman–Crippen LogP) is -0.456. The average molecular weight is 510 g/mol. The number of rotatable bonds is 11. The highest BCUT2D eigenvalue weighted by Gasteiger charge is 2.55. The van der Waals surface area contributed by atoms with Crippen LogP contribution in [-0.4, -0.2) is 100 Å². The molecule has 0 aromatic heterocycles. The van der Waals surface area contributed by atoms with E-state index in [1.54, 1.807) is 0 Å². The Morgan fingerprint density at radius 3 is 1.14 bits per heavy atom. The van der Waals surface area contributed by atoms with Gasteiger partial charge in [0.1, 0.15) is 38.6 Å². The maximum atomic E-state index is 12.8. The summed E-state index contributed by atoms with van der Waals surface area (Å²) in [4.78, 5) is 50.6. The van der Waals surface area contributed by atoms with Gasteiger partial charge in [0, 0.05) is 0 Å². The Hall–Kier alpha value is -2.28. The van der Waals surface area contributed by atoms with E-state index in [1.807, 2.05) is 0 Å². The van der Waals surface area contributed by atoms with Crippen LogP contribution in [-0.2, 0) is 57.1 Å². The van der Waals surface area contributed by atoms with E-state index in [4.69, 9.17) is 37.9 Å². The van der Waals surface area contributed by atoms with E-state index < -0.39 is 47.5 Å². The molecular weight excluding hydrogens is 480 g/mol. The Labute approximate surface area is 207 Å². The van der Waals surface area contributed by atoms with E-state index >= 15 is 0 Å². The second-order valence-corrected chi connectivity index (χ2v) is 10.3. The molecular formula is C24H30O12. The Bertz CT molecular complexity index is 826. The topological polar surface area (TPSA) is 155 Å². The molecule has 6 rings (SSSR count). The van der Waals surface area contributed by atoms with Gasteiger partial charge >= 0.3 is 23.9 Å². The monoisotopic (exact) mass is 510 g/mol. The van der Waals surface area contributed by atoms with Gasteiger partial charge in [0.2, 0.25) is 0 Å². The summed E-state index contributed by atoms with van der Waals surface area (Å²) in [7, 11) is 0. The molecule has 0 N–H and O–H groups in total. The van der Waals surface area contributed by atoms with Gasteiger partial charge < -0.3 is 37.9 Å². The van der Waals surface area contributed by atoms with Crippen molar-refractivity contribution in [2.45, 2.75) is 62.3 Å². The van der Waals surface area contributed by atoms with Crippen LogP contribution in [0.15, 0.2) is 0 Å². The molecule has 6 fully saturated rings. The molecule has 2 aliphatic carbocycles. The van der Waals surface area contributed by atoms with Crippen LogP contribution in [0.2, 0.25) is 0 Å². The molecule has 0 aromatic rings. The van der Waals surface area contributed by atoms with Crippen LogP contribution in [0, 0.1) is 23.7 Å². The minimum Gasteiger partial charge on any atom is -0.463 e. The zero-order valence-corrected chi connectivity index (χ0v) is 19.7. The number of hydrogen-bond acceptors (Lipinski definition) is 12. The van der Waals surface area contributed by atoms with E-state index in [0.717, 1.165) is 0 Å². The fraction of sp³-hybridized carbons (Fsp3) is 0.833. The highest BCUT2D eigenvalue weighted by molar-refractivity contribution is 5.83. The summed E-state index contributed by atoms with van der Waals surface area (Å²) >= 11 is 0. The fourth-order valence-electron chi connectivity index (χ4n) is 5.28. The molecule has 0 bridgehead atoms. The first-order valence-electron chi connectivity index (χ1n) is 12.7. The van der Waals surface area contributed by atoms with E-state index in [0.29, 0.717) is 38.9 Å². The zero-order valence-electron chi connectivity index (χ0n) is 19.7. The molecule has 0 amide bonds. The van der Waals surface area contributed by atoms with Crippen molar-refractivity contribution in [3.63, 3.8) is 0 Å². The Balaban J connectivity index is 0.959. The molecule has 2 saturated carbocycles. The molecule has 12 heteroatoms. The number of carbonyl (C=O) groups is 4. The molecule has 0 aromatic carbocycles. The molecule has 198 valence electrons. The Morgan fingerprint density at radius 2 is 0.833 bits per heavy atom. The zero-order chi connectivity index (χ0) is 24.8. The smallest absolute Gasteiger partial charge is 0.310 e. The fourth-order valence-corrected chi connectivity index (χ4v) is 5.28. The summed E-state index contributed by atoms with van der Waals surface area (Å²) < 4.78 is 42.4. The third-order valence-electron chi connectivity index (χ3n) is 7.70. The van der Waals surface area contributed by atoms with Crippen molar-refractivity contribution >= 4 is 23.9 Å². The maximum absolute atomic E-state index is 12.8. The molecule has 4 aliphatic heterocycles. The number of epoxide rings is 4.